The number of carbonyl (C=O) groups excluding carboxylic acids is 2. The van der Waals surface area contributed by atoms with E-state index < -0.39 is 23.5 Å². The Hall–Kier alpha value is -2.02. The monoisotopic (exact) mass is 343 g/mol. The summed E-state index contributed by atoms with van der Waals surface area (Å²) in [5.74, 6) is -2.97. The van der Waals surface area contributed by atoms with Crippen molar-refractivity contribution in [2.45, 2.75) is 26.7 Å². The molecule has 5 nitrogen and oxygen atoms in total. The van der Waals surface area contributed by atoms with E-state index in [0.29, 0.717) is 26.2 Å². The van der Waals surface area contributed by atoms with Crippen LogP contribution in [0.1, 0.15) is 37.0 Å². The van der Waals surface area contributed by atoms with E-state index in [2.05, 4.69) is 0 Å². The van der Waals surface area contributed by atoms with Gasteiger partial charge in [-0.15, -0.1) is 0 Å². The lowest BCUT2D eigenvalue weighted by atomic mass is 10.1. The van der Waals surface area contributed by atoms with E-state index in [9.17, 15) is 18.4 Å². The summed E-state index contributed by atoms with van der Waals surface area (Å²) in [6, 6.07) is 2.99. The molecule has 0 fully saturated rings. The number of carbonyl (C=O) groups is 2. The van der Waals surface area contributed by atoms with Gasteiger partial charge in [0.15, 0.2) is 11.6 Å². The van der Waals surface area contributed by atoms with Crippen LogP contribution in [0, 0.1) is 11.6 Å². The predicted octanol–water partition coefficient (Wildman–Crippen LogP) is 2.79. The molecule has 134 valence electrons. The Labute approximate surface area is 140 Å². The Kier molecular flexibility index (Phi) is 8.93. The maximum Gasteiger partial charge on any atom is 0.307 e. The van der Waals surface area contributed by atoms with Crippen molar-refractivity contribution in [3.63, 3.8) is 0 Å². The van der Waals surface area contributed by atoms with Gasteiger partial charge >= 0.3 is 5.97 Å². The summed E-state index contributed by atoms with van der Waals surface area (Å²) >= 11 is 0. The number of halogens is 2. The minimum Gasteiger partial charge on any atom is -0.466 e. The normalized spacial score (nSPS) is 10.5. The van der Waals surface area contributed by atoms with Gasteiger partial charge in [0.05, 0.1) is 13.0 Å². The molecular weight excluding hydrogens is 320 g/mol. The molecule has 0 saturated heterocycles. The van der Waals surface area contributed by atoms with Gasteiger partial charge in [-0.25, -0.2) is 8.78 Å². The minimum absolute atomic E-state index is 0.0363. The number of rotatable bonds is 10. The fourth-order valence-corrected chi connectivity index (χ4v) is 2.09. The number of hydrogen-bond acceptors (Lipinski definition) is 4. The fourth-order valence-electron chi connectivity index (χ4n) is 2.09. The summed E-state index contributed by atoms with van der Waals surface area (Å²) in [4.78, 5) is 25.4. The van der Waals surface area contributed by atoms with Gasteiger partial charge < -0.3 is 14.4 Å². The highest BCUT2D eigenvalue weighted by molar-refractivity contribution is 5.94. The van der Waals surface area contributed by atoms with Gasteiger partial charge in [0.25, 0.3) is 5.91 Å². The molecule has 0 unspecified atom stereocenters. The average Bonchev–Trinajstić information content (AvgIpc) is 2.56. The van der Waals surface area contributed by atoms with Gasteiger partial charge in [-0.3, -0.25) is 9.59 Å². The third kappa shape index (κ3) is 6.62. The highest BCUT2D eigenvalue weighted by Gasteiger charge is 2.18. The Bertz CT molecular complexity index is 551. The minimum atomic E-state index is -1.08. The summed E-state index contributed by atoms with van der Waals surface area (Å²) in [6.07, 6.45) is 0.615. The van der Waals surface area contributed by atoms with E-state index in [4.69, 9.17) is 9.47 Å². The molecule has 0 aliphatic heterocycles. The lowest BCUT2D eigenvalue weighted by Crippen LogP contribution is -2.34. The largest absolute Gasteiger partial charge is 0.466 e. The van der Waals surface area contributed by atoms with Crippen LogP contribution in [0.15, 0.2) is 18.2 Å². The van der Waals surface area contributed by atoms with Crippen molar-refractivity contribution in [2.24, 2.45) is 0 Å². The van der Waals surface area contributed by atoms with Crippen LogP contribution in [0.4, 0.5) is 8.78 Å². The number of hydrogen-bond donors (Lipinski definition) is 0. The second-order valence-corrected chi connectivity index (χ2v) is 5.03. The first-order valence-corrected chi connectivity index (χ1v) is 7.97. The van der Waals surface area contributed by atoms with Crippen LogP contribution in [0.25, 0.3) is 0 Å². The van der Waals surface area contributed by atoms with Gasteiger partial charge in [-0.05, 0) is 38.5 Å². The molecule has 0 radical (unpaired) electrons. The van der Waals surface area contributed by atoms with E-state index in [1.54, 1.807) is 6.92 Å². The molecule has 0 bridgehead atoms. The van der Waals surface area contributed by atoms with Crippen molar-refractivity contribution in [2.75, 3.05) is 32.9 Å². The summed E-state index contributed by atoms with van der Waals surface area (Å²) in [7, 11) is 0. The highest BCUT2D eigenvalue weighted by atomic mass is 19.2. The smallest absolute Gasteiger partial charge is 0.307 e. The predicted molar refractivity (Wildman–Crippen MR) is 84.6 cm³/mol. The van der Waals surface area contributed by atoms with Gasteiger partial charge in [-0.2, -0.15) is 0 Å². The third-order valence-electron chi connectivity index (χ3n) is 3.27. The summed E-state index contributed by atoms with van der Waals surface area (Å²) in [5, 5.41) is 0. The molecule has 24 heavy (non-hydrogen) atoms. The van der Waals surface area contributed by atoms with Crippen LogP contribution in [-0.2, 0) is 14.3 Å². The quantitative estimate of drug-likeness (QED) is 0.484. The van der Waals surface area contributed by atoms with Crippen molar-refractivity contribution in [1.29, 1.82) is 0 Å². The molecule has 1 aromatic rings. The van der Waals surface area contributed by atoms with Gasteiger partial charge in [0, 0.05) is 31.9 Å². The number of nitrogens with zero attached hydrogens (tertiary/aromatic N) is 1. The standard InChI is InChI=1S/C17H23F2NO4/c1-3-23-11-5-9-20(10-8-16(21)24-4-2)17(22)13-6-7-14(18)15(19)12-13/h6-7,12H,3-5,8-11H2,1-2H3. The lowest BCUT2D eigenvalue weighted by molar-refractivity contribution is -0.143. The molecule has 0 atom stereocenters. The zero-order valence-electron chi connectivity index (χ0n) is 14.0. The molecule has 0 N–H and O–H groups in total. The third-order valence-corrected chi connectivity index (χ3v) is 3.27. The number of benzene rings is 1. The summed E-state index contributed by atoms with van der Waals surface area (Å²) in [5.41, 5.74) is 0.0363. The van der Waals surface area contributed by atoms with Crippen LogP contribution >= 0.6 is 0 Å². The van der Waals surface area contributed by atoms with Gasteiger partial charge in [0.1, 0.15) is 0 Å². The van der Waals surface area contributed by atoms with Crippen LogP contribution in [0.3, 0.4) is 0 Å². The van der Waals surface area contributed by atoms with Crippen LogP contribution in [-0.4, -0.2) is 49.7 Å². The molecule has 0 spiro atoms. The van der Waals surface area contributed by atoms with E-state index in [0.717, 1.165) is 12.1 Å². The topological polar surface area (TPSA) is 55.8 Å². The van der Waals surface area contributed by atoms with Crippen molar-refractivity contribution in [3.8, 4) is 0 Å². The summed E-state index contributed by atoms with van der Waals surface area (Å²) in [6.45, 7) is 5.35. The zero-order valence-corrected chi connectivity index (χ0v) is 14.0. The first-order chi connectivity index (χ1) is 11.5. The van der Waals surface area contributed by atoms with Crippen molar-refractivity contribution in [1.82, 2.24) is 4.90 Å². The Morgan fingerprint density at radius 2 is 1.83 bits per heavy atom. The first-order valence-electron chi connectivity index (χ1n) is 7.97. The van der Waals surface area contributed by atoms with Crippen LogP contribution < -0.4 is 0 Å². The van der Waals surface area contributed by atoms with Crippen molar-refractivity contribution in [3.05, 3.63) is 35.4 Å². The fraction of sp³-hybridized carbons (Fsp3) is 0.529. The molecule has 0 aromatic heterocycles. The van der Waals surface area contributed by atoms with Crippen molar-refractivity contribution >= 4 is 11.9 Å². The molecule has 7 heteroatoms. The Morgan fingerprint density at radius 1 is 1.08 bits per heavy atom. The summed E-state index contributed by atoms with van der Waals surface area (Å²) < 4.78 is 36.4. The average molecular weight is 343 g/mol. The molecule has 1 aromatic carbocycles. The van der Waals surface area contributed by atoms with Crippen LogP contribution in [0.5, 0.6) is 0 Å². The lowest BCUT2D eigenvalue weighted by Gasteiger charge is -2.22. The molecular formula is C17H23F2NO4. The van der Waals surface area contributed by atoms with E-state index in [1.807, 2.05) is 6.92 Å². The van der Waals surface area contributed by atoms with Crippen molar-refractivity contribution < 1.29 is 27.8 Å². The molecule has 0 saturated carbocycles. The highest BCUT2D eigenvalue weighted by Crippen LogP contribution is 2.12. The second-order valence-electron chi connectivity index (χ2n) is 5.03. The molecule has 0 heterocycles. The number of amides is 1. The van der Waals surface area contributed by atoms with Gasteiger partial charge in [0.2, 0.25) is 0 Å². The maximum absolute atomic E-state index is 13.3. The first kappa shape index (κ1) is 20.0. The molecule has 0 aliphatic carbocycles. The molecule has 0 aliphatic rings. The Balaban J connectivity index is 2.75. The molecule has 1 amide bonds. The maximum atomic E-state index is 13.3. The number of esters is 1. The van der Waals surface area contributed by atoms with Crippen LogP contribution in [0.2, 0.25) is 0 Å². The van der Waals surface area contributed by atoms with E-state index in [1.165, 1.54) is 11.0 Å². The van der Waals surface area contributed by atoms with E-state index in [-0.39, 0.29) is 25.1 Å². The van der Waals surface area contributed by atoms with E-state index >= 15 is 0 Å². The zero-order chi connectivity index (χ0) is 17.9. The van der Waals surface area contributed by atoms with Gasteiger partial charge in [-0.1, -0.05) is 0 Å². The second kappa shape index (κ2) is 10.7. The molecule has 1 rings (SSSR count). The number of ether oxygens (including phenoxy) is 2. The SMILES string of the molecule is CCOCCCN(CCC(=O)OCC)C(=O)c1ccc(F)c(F)c1. The Morgan fingerprint density at radius 3 is 2.46 bits per heavy atom.